The maximum absolute atomic E-state index is 3.57. The predicted octanol–water partition coefficient (Wildman–Crippen LogP) is 3.73. The molecule has 1 aliphatic carbocycles. The Bertz CT molecular complexity index is 364. The molecule has 2 rings (SSSR count). The van der Waals surface area contributed by atoms with Crippen molar-refractivity contribution >= 4 is 15.9 Å². The SMILES string of the molecule is CCCNCC1(c2cccc(Br)c2)CC1C. The van der Waals surface area contributed by atoms with Gasteiger partial charge in [0.25, 0.3) is 0 Å². The Labute approximate surface area is 107 Å². The summed E-state index contributed by atoms with van der Waals surface area (Å²) in [5.41, 5.74) is 1.89. The van der Waals surface area contributed by atoms with Crippen LogP contribution in [0.15, 0.2) is 28.7 Å². The van der Waals surface area contributed by atoms with Crippen molar-refractivity contribution in [2.75, 3.05) is 13.1 Å². The summed E-state index contributed by atoms with van der Waals surface area (Å²) in [6, 6.07) is 8.79. The van der Waals surface area contributed by atoms with Crippen LogP contribution in [-0.2, 0) is 5.41 Å². The van der Waals surface area contributed by atoms with Crippen molar-refractivity contribution in [2.24, 2.45) is 5.92 Å². The smallest absolute Gasteiger partial charge is 0.0178 e. The number of halogens is 1. The lowest BCUT2D eigenvalue weighted by molar-refractivity contribution is 0.541. The van der Waals surface area contributed by atoms with Crippen LogP contribution < -0.4 is 5.32 Å². The van der Waals surface area contributed by atoms with Crippen LogP contribution in [-0.4, -0.2) is 13.1 Å². The second kappa shape index (κ2) is 4.89. The van der Waals surface area contributed by atoms with Gasteiger partial charge in [0.1, 0.15) is 0 Å². The van der Waals surface area contributed by atoms with Crippen molar-refractivity contribution in [1.82, 2.24) is 5.32 Å². The van der Waals surface area contributed by atoms with Crippen molar-refractivity contribution in [2.45, 2.75) is 32.1 Å². The van der Waals surface area contributed by atoms with E-state index in [0.717, 1.165) is 19.0 Å². The standard InChI is InChI=1S/C14H20BrN/c1-3-7-16-10-14(9-11(14)2)12-5-4-6-13(15)8-12/h4-6,8,11,16H,3,7,9-10H2,1-2H3. The molecular weight excluding hydrogens is 262 g/mol. The third-order valence-electron chi connectivity index (χ3n) is 3.72. The summed E-state index contributed by atoms with van der Waals surface area (Å²) in [4.78, 5) is 0. The van der Waals surface area contributed by atoms with E-state index in [-0.39, 0.29) is 0 Å². The molecule has 0 bridgehead atoms. The quantitative estimate of drug-likeness (QED) is 0.811. The summed E-state index contributed by atoms with van der Waals surface area (Å²) >= 11 is 3.56. The maximum atomic E-state index is 3.57. The topological polar surface area (TPSA) is 12.0 Å². The van der Waals surface area contributed by atoms with Gasteiger partial charge in [-0.15, -0.1) is 0 Å². The van der Waals surface area contributed by atoms with E-state index in [0.29, 0.717) is 5.41 Å². The van der Waals surface area contributed by atoms with Gasteiger partial charge in [0.15, 0.2) is 0 Å². The van der Waals surface area contributed by atoms with E-state index in [9.17, 15) is 0 Å². The van der Waals surface area contributed by atoms with Crippen LogP contribution in [0.25, 0.3) is 0 Å². The van der Waals surface area contributed by atoms with Crippen LogP contribution in [0.1, 0.15) is 32.3 Å². The molecule has 1 N–H and O–H groups in total. The van der Waals surface area contributed by atoms with Gasteiger partial charge in [0.2, 0.25) is 0 Å². The summed E-state index contributed by atoms with van der Waals surface area (Å²) < 4.78 is 1.19. The van der Waals surface area contributed by atoms with Gasteiger partial charge < -0.3 is 5.32 Å². The molecule has 0 radical (unpaired) electrons. The third-order valence-corrected chi connectivity index (χ3v) is 4.21. The minimum absolute atomic E-state index is 0.402. The summed E-state index contributed by atoms with van der Waals surface area (Å²) in [6.07, 6.45) is 2.53. The zero-order valence-electron chi connectivity index (χ0n) is 10.1. The molecule has 2 unspecified atom stereocenters. The molecule has 0 heterocycles. The van der Waals surface area contributed by atoms with Gasteiger partial charge in [-0.05, 0) is 43.0 Å². The van der Waals surface area contributed by atoms with Crippen LogP contribution in [0.4, 0.5) is 0 Å². The molecule has 0 aromatic heterocycles. The monoisotopic (exact) mass is 281 g/mol. The molecule has 1 fully saturated rings. The highest BCUT2D eigenvalue weighted by atomic mass is 79.9. The largest absolute Gasteiger partial charge is 0.316 e. The van der Waals surface area contributed by atoms with E-state index in [2.05, 4.69) is 59.4 Å². The molecule has 0 amide bonds. The fourth-order valence-electron chi connectivity index (χ4n) is 2.52. The predicted molar refractivity (Wildman–Crippen MR) is 72.8 cm³/mol. The molecule has 2 heteroatoms. The molecular formula is C14H20BrN. The Hall–Kier alpha value is -0.340. The Morgan fingerprint density at radius 1 is 1.50 bits per heavy atom. The fourth-order valence-corrected chi connectivity index (χ4v) is 2.92. The summed E-state index contributed by atoms with van der Waals surface area (Å²) in [5, 5.41) is 3.57. The fraction of sp³-hybridized carbons (Fsp3) is 0.571. The van der Waals surface area contributed by atoms with E-state index in [1.165, 1.54) is 22.9 Å². The molecule has 16 heavy (non-hydrogen) atoms. The Balaban J connectivity index is 2.10. The molecule has 1 aromatic rings. The van der Waals surface area contributed by atoms with Gasteiger partial charge in [-0.2, -0.15) is 0 Å². The van der Waals surface area contributed by atoms with Gasteiger partial charge >= 0.3 is 0 Å². The number of hydrogen-bond donors (Lipinski definition) is 1. The van der Waals surface area contributed by atoms with Crippen LogP contribution in [0.3, 0.4) is 0 Å². The summed E-state index contributed by atoms with van der Waals surface area (Å²) in [5.74, 6) is 0.811. The first-order valence-electron chi connectivity index (χ1n) is 6.16. The van der Waals surface area contributed by atoms with Crippen molar-refractivity contribution in [3.8, 4) is 0 Å². The molecule has 2 atom stereocenters. The first-order chi connectivity index (χ1) is 7.69. The second-order valence-corrected chi connectivity index (χ2v) is 5.86. The van der Waals surface area contributed by atoms with Gasteiger partial charge in [-0.25, -0.2) is 0 Å². The average Bonchev–Trinajstić information content (AvgIpc) is 2.91. The normalized spacial score (nSPS) is 28.1. The second-order valence-electron chi connectivity index (χ2n) is 4.95. The molecule has 88 valence electrons. The minimum Gasteiger partial charge on any atom is -0.316 e. The van der Waals surface area contributed by atoms with Crippen molar-refractivity contribution in [1.29, 1.82) is 0 Å². The van der Waals surface area contributed by atoms with Crippen molar-refractivity contribution < 1.29 is 0 Å². The first kappa shape index (κ1) is 12.1. The highest BCUT2D eigenvalue weighted by molar-refractivity contribution is 9.10. The minimum atomic E-state index is 0.402. The van der Waals surface area contributed by atoms with Gasteiger partial charge in [-0.1, -0.05) is 41.9 Å². The van der Waals surface area contributed by atoms with E-state index >= 15 is 0 Å². The number of hydrogen-bond acceptors (Lipinski definition) is 1. The van der Waals surface area contributed by atoms with E-state index in [4.69, 9.17) is 0 Å². The molecule has 1 aliphatic rings. The Morgan fingerprint density at radius 3 is 2.81 bits per heavy atom. The molecule has 0 spiro atoms. The van der Waals surface area contributed by atoms with Crippen LogP contribution >= 0.6 is 15.9 Å². The van der Waals surface area contributed by atoms with E-state index in [1.54, 1.807) is 0 Å². The van der Waals surface area contributed by atoms with Crippen molar-refractivity contribution in [3.05, 3.63) is 34.3 Å². The van der Waals surface area contributed by atoms with Gasteiger partial charge in [0.05, 0.1) is 0 Å². The Kier molecular flexibility index (Phi) is 3.70. The molecule has 0 saturated heterocycles. The van der Waals surface area contributed by atoms with Crippen molar-refractivity contribution in [3.63, 3.8) is 0 Å². The summed E-state index contributed by atoms with van der Waals surface area (Å²) in [7, 11) is 0. The van der Waals surface area contributed by atoms with E-state index < -0.39 is 0 Å². The highest BCUT2D eigenvalue weighted by Gasteiger charge is 2.51. The number of nitrogens with one attached hydrogen (secondary N) is 1. The highest BCUT2D eigenvalue weighted by Crippen LogP contribution is 2.53. The molecule has 1 aromatic carbocycles. The molecule has 1 nitrogen and oxygen atoms in total. The lowest BCUT2D eigenvalue weighted by atomic mass is 9.93. The number of rotatable bonds is 5. The lowest BCUT2D eigenvalue weighted by Gasteiger charge is -2.18. The van der Waals surface area contributed by atoms with Crippen LogP contribution in [0.5, 0.6) is 0 Å². The maximum Gasteiger partial charge on any atom is 0.0178 e. The van der Waals surface area contributed by atoms with Crippen LogP contribution in [0.2, 0.25) is 0 Å². The third kappa shape index (κ3) is 2.33. The molecule has 1 saturated carbocycles. The van der Waals surface area contributed by atoms with Gasteiger partial charge in [-0.3, -0.25) is 0 Å². The average molecular weight is 282 g/mol. The molecule has 0 aliphatic heterocycles. The van der Waals surface area contributed by atoms with Gasteiger partial charge in [0, 0.05) is 16.4 Å². The summed E-state index contributed by atoms with van der Waals surface area (Å²) in [6.45, 7) is 6.82. The zero-order chi connectivity index (χ0) is 11.6. The Morgan fingerprint density at radius 2 is 2.25 bits per heavy atom. The number of benzene rings is 1. The first-order valence-corrected chi connectivity index (χ1v) is 6.95. The lowest BCUT2D eigenvalue weighted by Crippen LogP contribution is -2.28. The van der Waals surface area contributed by atoms with E-state index in [1.807, 2.05) is 0 Å². The van der Waals surface area contributed by atoms with Crippen LogP contribution in [0, 0.1) is 5.92 Å². The zero-order valence-corrected chi connectivity index (χ0v) is 11.7.